The van der Waals surface area contributed by atoms with Crippen molar-refractivity contribution in [2.45, 2.75) is 6.54 Å². The van der Waals surface area contributed by atoms with E-state index >= 15 is 0 Å². The summed E-state index contributed by atoms with van der Waals surface area (Å²) in [6.45, 7) is 3.53. The average Bonchev–Trinajstić information content (AvgIpc) is 3.04. The molecule has 0 radical (unpaired) electrons. The molecular weight excluding hydrogens is 322 g/mol. The molecule has 1 aliphatic heterocycles. The van der Waals surface area contributed by atoms with Crippen LogP contribution in [0.15, 0.2) is 35.3 Å². The van der Waals surface area contributed by atoms with E-state index in [1.807, 2.05) is 18.2 Å². The highest BCUT2D eigenvalue weighted by Crippen LogP contribution is 2.13. The van der Waals surface area contributed by atoms with Gasteiger partial charge in [0.2, 0.25) is 5.91 Å². The number of ether oxygens (including phenoxy) is 1. The maximum absolute atomic E-state index is 12.2. The lowest BCUT2D eigenvalue weighted by Gasteiger charge is -2.25. The lowest BCUT2D eigenvalue weighted by Crippen LogP contribution is -2.43. The zero-order chi connectivity index (χ0) is 17.2. The summed E-state index contributed by atoms with van der Waals surface area (Å²) >= 11 is 0. The van der Waals surface area contributed by atoms with Crippen molar-refractivity contribution in [1.82, 2.24) is 24.8 Å². The largest absolute Gasteiger partial charge is 0.379 e. The molecule has 25 heavy (non-hydrogen) atoms. The Morgan fingerprint density at radius 1 is 1.28 bits per heavy atom. The number of carbonyl (C=O) groups excluding carboxylic acids is 1. The summed E-state index contributed by atoms with van der Waals surface area (Å²) in [5.41, 5.74) is 1.96. The molecule has 0 atom stereocenters. The lowest BCUT2D eigenvalue weighted by atomic mass is 10.2. The van der Waals surface area contributed by atoms with Crippen LogP contribution in [0.3, 0.4) is 0 Å². The zero-order valence-electron chi connectivity index (χ0n) is 13.7. The fourth-order valence-corrected chi connectivity index (χ4v) is 3.06. The maximum Gasteiger partial charge on any atom is 0.259 e. The van der Waals surface area contributed by atoms with Gasteiger partial charge in [-0.25, -0.2) is 4.52 Å². The number of amides is 1. The van der Waals surface area contributed by atoms with Crippen LogP contribution in [0.4, 0.5) is 0 Å². The van der Waals surface area contributed by atoms with E-state index in [4.69, 9.17) is 4.74 Å². The number of benzene rings is 1. The average molecular weight is 341 g/mol. The zero-order valence-corrected chi connectivity index (χ0v) is 13.7. The van der Waals surface area contributed by atoms with Gasteiger partial charge in [-0.1, -0.05) is 12.1 Å². The van der Waals surface area contributed by atoms with Crippen LogP contribution in [0.5, 0.6) is 0 Å². The molecule has 2 N–H and O–H groups in total. The second-order valence-electron chi connectivity index (χ2n) is 6.07. The minimum Gasteiger partial charge on any atom is -0.379 e. The van der Waals surface area contributed by atoms with E-state index in [1.54, 1.807) is 16.8 Å². The number of morpholine rings is 1. The highest BCUT2D eigenvalue weighted by molar-refractivity contribution is 5.81. The molecule has 3 aromatic rings. The fraction of sp³-hybridized carbons (Fsp3) is 0.353. The van der Waals surface area contributed by atoms with Crippen LogP contribution in [0.1, 0.15) is 5.56 Å². The highest BCUT2D eigenvalue weighted by Gasteiger charge is 2.15. The van der Waals surface area contributed by atoms with Crippen molar-refractivity contribution in [3.8, 4) is 0 Å². The van der Waals surface area contributed by atoms with Gasteiger partial charge in [-0.05, 0) is 12.1 Å². The van der Waals surface area contributed by atoms with Crippen molar-refractivity contribution in [2.24, 2.45) is 0 Å². The van der Waals surface area contributed by atoms with Gasteiger partial charge >= 0.3 is 0 Å². The second-order valence-corrected chi connectivity index (χ2v) is 6.07. The quantitative estimate of drug-likeness (QED) is 0.703. The number of rotatable bonds is 4. The van der Waals surface area contributed by atoms with Gasteiger partial charge in [-0.2, -0.15) is 5.10 Å². The first-order valence-electron chi connectivity index (χ1n) is 8.27. The summed E-state index contributed by atoms with van der Waals surface area (Å²) in [5.74, 6) is -0.0515. The Morgan fingerprint density at radius 2 is 2.08 bits per heavy atom. The molecule has 1 aromatic carbocycles. The van der Waals surface area contributed by atoms with Gasteiger partial charge in [0.15, 0.2) is 0 Å². The van der Waals surface area contributed by atoms with E-state index in [2.05, 4.69) is 20.3 Å². The molecule has 0 aliphatic carbocycles. The summed E-state index contributed by atoms with van der Waals surface area (Å²) in [6.07, 6.45) is 1.67. The van der Waals surface area contributed by atoms with Crippen LogP contribution in [0.2, 0.25) is 0 Å². The van der Waals surface area contributed by atoms with Crippen LogP contribution in [0, 0.1) is 0 Å². The Bertz CT molecular complexity index is 971. The number of nitrogens with zero attached hydrogens (tertiary/aromatic N) is 3. The summed E-state index contributed by atoms with van der Waals surface area (Å²) in [7, 11) is 0. The Kier molecular flexibility index (Phi) is 4.21. The van der Waals surface area contributed by atoms with Gasteiger partial charge in [0.1, 0.15) is 5.65 Å². The van der Waals surface area contributed by atoms with Gasteiger partial charge in [0.05, 0.1) is 36.9 Å². The van der Waals surface area contributed by atoms with Crippen molar-refractivity contribution < 1.29 is 9.53 Å². The van der Waals surface area contributed by atoms with Crippen molar-refractivity contribution in [2.75, 3.05) is 32.8 Å². The minimum atomic E-state index is -0.163. The molecule has 8 heteroatoms. The molecule has 0 unspecified atom stereocenters. The third-order valence-corrected chi connectivity index (χ3v) is 4.40. The number of para-hydroxylation sites is 1. The van der Waals surface area contributed by atoms with Gasteiger partial charge in [-0.15, -0.1) is 0 Å². The van der Waals surface area contributed by atoms with E-state index in [1.165, 1.54) is 0 Å². The van der Waals surface area contributed by atoms with Crippen molar-refractivity contribution in [3.63, 3.8) is 0 Å². The van der Waals surface area contributed by atoms with Crippen LogP contribution >= 0.6 is 0 Å². The molecule has 1 fully saturated rings. The smallest absolute Gasteiger partial charge is 0.259 e. The number of aromatic amines is 1. The van der Waals surface area contributed by atoms with Crippen LogP contribution in [-0.4, -0.2) is 58.3 Å². The minimum absolute atomic E-state index is 0.0515. The van der Waals surface area contributed by atoms with E-state index in [9.17, 15) is 9.59 Å². The van der Waals surface area contributed by atoms with Gasteiger partial charge < -0.3 is 15.0 Å². The molecule has 4 rings (SSSR count). The highest BCUT2D eigenvalue weighted by atomic mass is 16.5. The predicted molar refractivity (Wildman–Crippen MR) is 92.4 cm³/mol. The fourth-order valence-electron chi connectivity index (χ4n) is 3.06. The second kappa shape index (κ2) is 6.66. The summed E-state index contributed by atoms with van der Waals surface area (Å²) in [4.78, 5) is 29.3. The molecule has 0 saturated carbocycles. The normalized spacial score (nSPS) is 15.7. The first kappa shape index (κ1) is 15.8. The maximum atomic E-state index is 12.2. The Hall–Kier alpha value is -2.71. The first-order valence-corrected chi connectivity index (χ1v) is 8.27. The number of fused-ring (bicyclic) bond motifs is 3. The van der Waals surface area contributed by atoms with Crippen molar-refractivity contribution in [3.05, 3.63) is 46.4 Å². The van der Waals surface area contributed by atoms with E-state index in [0.29, 0.717) is 37.3 Å². The van der Waals surface area contributed by atoms with Crippen LogP contribution in [0.25, 0.3) is 16.6 Å². The van der Waals surface area contributed by atoms with Crippen LogP contribution < -0.4 is 10.9 Å². The first-order chi connectivity index (χ1) is 12.2. The number of nitrogens with one attached hydrogen (secondary N) is 2. The molecule has 0 bridgehead atoms. The third-order valence-electron chi connectivity index (χ3n) is 4.40. The molecular formula is C17H19N5O3. The Balaban J connectivity index is 1.52. The van der Waals surface area contributed by atoms with Gasteiger partial charge in [0.25, 0.3) is 5.56 Å². The lowest BCUT2D eigenvalue weighted by molar-refractivity contribution is -0.123. The standard InChI is InChI=1S/C17H19N5O3/c23-15(11-21-5-7-25-8-6-21)18-9-12-10-19-22-14-4-2-1-3-13(14)17(24)20-16(12)22/h1-4,10H,5-9,11H2,(H,18,23)(H,20,24). The van der Waals surface area contributed by atoms with Crippen molar-refractivity contribution >= 4 is 22.5 Å². The molecule has 3 heterocycles. The van der Waals surface area contributed by atoms with E-state index in [0.717, 1.165) is 24.2 Å². The summed E-state index contributed by atoms with van der Waals surface area (Å²) < 4.78 is 6.97. The van der Waals surface area contributed by atoms with Gasteiger partial charge in [-0.3, -0.25) is 14.5 Å². The number of carbonyl (C=O) groups is 1. The number of hydrogen-bond donors (Lipinski definition) is 2. The number of hydrogen-bond acceptors (Lipinski definition) is 5. The topological polar surface area (TPSA) is 91.7 Å². The van der Waals surface area contributed by atoms with Crippen molar-refractivity contribution in [1.29, 1.82) is 0 Å². The predicted octanol–water partition coefficient (Wildman–Crippen LogP) is 0.124. The Morgan fingerprint density at radius 3 is 2.92 bits per heavy atom. The van der Waals surface area contributed by atoms with Gasteiger partial charge in [0, 0.05) is 25.2 Å². The summed E-state index contributed by atoms with van der Waals surface area (Å²) in [5, 5.41) is 7.83. The molecule has 0 spiro atoms. The molecule has 1 saturated heterocycles. The molecule has 1 aliphatic rings. The number of aromatic nitrogens is 3. The molecule has 2 aromatic heterocycles. The Labute approximate surface area is 143 Å². The summed E-state index contributed by atoms with van der Waals surface area (Å²) in [6, 6.07) is 7.30. The van der Waals surface area contributed by atoms with E-state index in [-0.39, 0.29) is 11.5 Å². The SMILES string of the molecule is O=C(CN1CCOCC1)NCc1cnn2c1[nH]c(=O)c1ccccc12. The third kappa shape index (κ3) is 3.13. The molecule has 8 nitrogen and oxygen atoms in total. The van der Waals surface area contributed by atoms with Crippen LogP contribution in [-0.2, 0) is 16.1 Å². The monoisotopic (exact) mass is 341 g/mol. The van der Waals surface area contributed by atoms with E-state index < -0.39 is 0 Å². The molecule has 1 amide bonds. The number of H-pyrrole nitrogens is 1. The molecule has 130 valence electrons.